The van der Waals surface area contributed by atoms with Crippen LogP contribution < -0.4 is 4.90 Å². The predicted octanol–water partition coefficient (Wildman–Crippen LogP) is 0.885. The van der Waals surface area contributed by atoms with Crippen molar-refractivity contribution in [1.29, 1.82) is 0 Å². The van der Waals surface area contributed by atoms with Crippen molar-refractivity contribution < 1.29 is 19.6 Å². The topological polar surface area (TPSA) is 92.9 Å². The fourth-order valence-corrected chi connectivity index (χ4v) is 1.96. The Morgan fingerprint density at radius 1 is 1.50 bits per heavy atom. The van der Waals surface area contributed by atoms with Gasteiger partial charge in [-0.3, -0.25) is 10.1 Å². The van der Waals surface area contributed by atoms with Gasteiger partial charge in [-0.05, 0) is 6.07 Å². The highest BCUT2D eigenvalue weighted by Crippen LogP contribution is 2.30. The Kier molecular flexibility index (Phi) is 3.42. The Morgan fingerprint density at radius 3 is 2.89 bits per heavy atom. The molecule has 0 aliphatic carbocycles. The number of carbonyl (C=O) groups is 1. The van der Waals surface area contributed by atoms with Crippen molar-refractivity contribution >= 4 is 17.3 Å². The number of morpholine rings is 1. The van der Waals surface area contributed by atoms with Crippen LogP contribution >= 0.6 is 0 Å². The third kappa shape index (κ3) is 2.25. The number of ether oxygens (including phenoxy) is 1. The van der Waals surface area contributed by atoms with Crippen molar-refractivity contribution in [2.75, 3.05) is 24.7 Å². The van der Waals surface area contributed by atoms with Gasteiger partial charge in [0.05, 0.1) is 18.1 Å². The van der Waals surface area contributed by atoms with E-state index in [1.165, 1.54) is 11.0 Å². The molecule has 1 aliphatic heterocycles. The van der Waals surface area contributed by atoms with Gasteiger partial charge in [-0.15, -0.1) is 0 Å². The summed E-state index contributed by atoms with van der Waals surface area (Å²) in [6, 6.07) is 5.23. The maximum atomic E-state index is 11.1. The lowest BCUT2D eigenvalue weighted by Crippen LogP contribution is -2.50. The van der Waals surface area contributed by atoms with Gasteiger partial charge in [0.15, 0.2) is 6.04 Å². The lowest BCUT2D eigenvalue weighted by atomic mass is 10.1. The Morgan fingerprint density at radius 2 is 2.22 bits per heavy atom. The number of rotatable bonds is 3. The standard InChI is InChI=1S/C11H12N2O5/c14-11(15)10-7-18-6-5-12(10)8-3-1-2-4-9(8)13(16)17/h1-4,10H,5-7H2,(H,14,15). The van der Waals surface area contributed by atoms with Gasteiger partial charge >= 0.3 is 5.97 Å². The SMILES string of the molecule is O=C(O)C1COCCN1c1ccccc1[N+](=O)[O-]. The van der Waals surface area contributed by atoms with Crippen molar-refractivity contribution in [3.8, 4) is 0 Å². The summed E-state index contributed by atoms with van der Waals surface area (Å²) in [6.45, 7) is 0.707. The Hall–Kier alpha value is -2.15. The fraction of sp³-hybridized carbons (Fsp3) is 0.364. The van der Waals surface area contributed by atoms with E-state index in [9.17, 15) is 14.9 Å². The van der Waals surface area contributed by atoms with E-state index >= 15 is 0 Å². The van der Waals surface area contributed by atoms with Gasteiger partial charge in [-0.1, -0.05) is 12.1 Å². The normalized spacial score (nSPS) is 19.6. The van der Waals surface area contributed by atoms with Crippen LogP contribution in [0.3, 0.4) is 0 Å². The third-order valence-corrected chi connectivity index (χ3v) is 2.80. The van der Waals surface area contributed by atoms with Gasteiger partial charge in [0.2, 0.25) is 0 Å². The molecule has 0 saturated carbocycles. The van der Waals surface area contributed by atoms with Crippen molar-refractivity contribution in [2.45, 2.75) is 6.04 Å². The summed E-state index contributed by atoms with van der Waals surface area (Å²) in [4.78, 5) is 23.1. The summed E-state index contributed by atoms with van der Waals surface area (Å²) in [5.74, 6) is -1.05. The first-order chi connectivity index (χ1) is 8.61. The number of hydrogen-bond acceptors (Lipinski definition) is 5. The molecule has 7 nitrogen and oxygen atoms in total. The minimum Gasteiger partial charge on any atom is -0.480 e. The number of carboxylic acid groups (broad SMARTS) is 1. The molecular formula is C11H12N2O5. The quantitative estimate of drug-likeness (QED) is 0.634. The van der Waals surface area contributed by atoms with E-state index in [0.29, 0.717) is 18.8 Å². The maximum Gasteiger partial charge on any atom is 0.328 e. The van der Waals surface area contributed by atoms with Crippen LogP contribution in [0.5, 0.6) is 0 Å². The molecule has 18 heavy (non-hydrogen) atoms. The molecule has 1 N–H and O–H groups in total. The average Bonchev–Trinajstić information content (AvgIpc) is 2.38. The molecule has 0 amide bonds. The number of anilines is 1. The van der Waals surface area contributed by atoms with E-state index in [1.807, 2.05) is 0 Å². The number of aliphatic carboxylic acids is 1. The van der Waals surface area contributed by atoms with Crippen LogP contribution in [-0.2, 0) is 9.53 Å². The summed E-state index contributed by atoms with van der Waals surface area (Å²) in [5.41, 5.74) is 0.226. The molecule has 0 spiro atoms. The lowest BCUT2D eigenvalue weighted by molar-refractivity contribution is -0.384. The molecule has 0 bridgehead atoms. The molecule has 7 heteroatoms. The zero-order chi connectivity index (χ0) is 13.1. The highest BCUT2D eigenvalue weighted by atomic mass is 16.6. The summed E-state index contributed by atoms with van der Waals surface area (Å²) < 4.78 is 5.10. The molecule has 1 fully saturated rings. The van der Waals surface area contributed by atoms with Gasteiger partial charge in [0.1, 0.15) is 5.69 Å². The zero-order valence-electron chi connectivity index (χ0n) is 9.48. The highest BCUT2D eigenvalue weighted by Gasteiger charge is 2.32. The van der Waals surface area contributed by atoms with E-state index in [2.05, 4.69) is 0 Å². The molecule has 1 saturated heterocycles. The number of nitrogens with zero attached hydrogens (tertiary/aromatic N) is 2. The van der Waals surface area contributed by atoms with E-state index in [0.717, 1.165) is 0 Å². The molecule has 1 aromatic rings. The predicted molar refractivity (Wildman–Crippen MR) is 62.7 cm³/mol. The van der Waals surface area contributed by atoms with Crippen molar-refractivity contribution in [3.63, 3.8) is 0 Å². The number of hydrogen-bond donors (Lipinski definition) is 1. The Bertz CT molecular complexity index is 476. The van der Waals surface area contributed by atoms with Crippen LogP contribution in [0.4, 0.5) is 11.4 Å². The number of nitro groups is 1. The minimum atomic E-state index is -1.05. The smallest absolute Gasteiger partial charge is 0.328 e. The third-order valence-electron chi connectivity index (χ3n) is 2.80. The van der Waals surface area contributed by atoms with Crippen LogP contribution in [0, 0.1) is 10.1 Å². The van der Waals surface area contributed by atoms with Gasteiger partial charge in [-0.25, -0.2) is 4.79 Å². The largest absolute Gasteiger partial charge is 0.480 e. The first-order valence-electron chi connectivity index (χ1n) is 5.42. The van der Waals surface area contributed by atoms with Crippen molar-refractivity contribution in [2.24, 2.45) is 0 Å². The molecule has 1 aliphatic rings. The monoisotopic (exact) mass is 252 g/mol. The molecule has 1 atom stereocenters. The van der Waals surface area contributed by atoms with Gasteiger partial charge < -0.3 is 14.7 Å². The summed E-state index contributed by atoms with van der Waals surface area (Å²) in [6.07, 6.45) is 0. The highest BCUT2D eigenvalue weighted by molar-refractivity contribution is 5.80. The van der Waals surface area contributed by atoms with E-state index in [1.54, 1.807) is 18.2 Å². The van der Waals surface area contributed by atoms with Crippen LogP contribution in [0.1, 0.15) is 0 Å². The maximum absolute atomic E-state index is 11.1. The van der Waals surface area contributed by atoms with Gasteiger partial charge in [0, 0.05) is 12.6 Å². The molecule has 0 radical (unpaired) electrons. The zero-order valence-corrected chi connectivity index (χ0v) is 9.48. The first kappa shape index (κ1) is 12.3. The second-order valence-electron chi connectivity index (χ2n) is 3.87. The van der Waals surface area contributed by atoms with Crippen LogP contribution in [-0.4, -0.2) is 41.8 Å². The van der Waals surface area contributed by atoms with E-state index in [-0.39, 0.29) is 12.3 Å². The average molecular weight is 252 g/mol. The molecule has 96 valence electrons. The molecular weight excluding hydrogens is 240 g/mol. The second kappa shape index (κ2) is 5.01. The van der Waals surface area contributed by atoms with Crippen molar-refractivity contribution in [3.05, 3.63) is 34.4 Å². The second-order valence-corrected chi connectivity index (χ2v) is 3.87. The molecule has 0 aromatic heterocycles. The molecule has 1 heterocycles. The Labute approximate surface area is 103 Å². The summed E-state index contributed by atoms with van der Waals surface area (Å²) in [5, 5.41) is 20.0. The number of nitro benzene ring substituents is 1. The van der Waals surface area contributed by atoms with Gasteiger partial charge in [-0.2, -0.15) is 0 Å². The van der Waals surface area contributed by atoms with Crippen LogP contribution in [0.2, 0.25) is 0 Å². The van der Waals surface area contributed by atoms with Gasteiger partial charge in [0.25, 0.3) is 5.69 Å². The summed E-state index contributed by atoms with van der Waals surface area (Å²) in [7, 11) is 0. The van der Waals surface area contributed by atoms with E-state index in [4.69, 9.17) is 9.84 Å². The first-order valence-corrected chi connectivity index (χ1v) is 5.42. The van der Waals surface area contributed by atoms with Crippen molar-refractivity contribution in [1.82, 2.24) is 0 Å². The molecule has 2 rings (SSSR count). The number of benzene rings is 1. The molecule has 1 aromatic carbocycles. The van der Waals surface area contributed by atoms with Crippen LogP contribution in [0.25, 0.3) is 0 Å². The minimum absolute atomic E-state index is 0.0291. The molecule has 1 unspecified atom stereocenters. The lowest BCUT2D eigenvalue weighted by Gasteiger charge is -2.34. The fourth-order valence-electron chi connectivity index (χ4n) is 1.96. The van der Waals surface area contributed by atoms with E-state index < -0.39 is 16.9 Å². The number of para-hydroxylation sites is 2. The van der Waals surface area contributed by atoms with Crippen LogP contribution in [0.15, 0.2) is 24.3 Å². The summed E-state index contributed by atoms with van der Waals surface area (Å²) >= 11 is 0. The Balaban J connectivity index is 2.39. The number of carboxylic acids is 1.